The number of rotatable bonds is 4. The number of ether oxygens (including phenoxy) is 1. The van der Waals surface area contributed by atoms with Gasteiger partial charge in [0.1, 0.15) is 5.60 Å². The Morgan fingerprint density at radius 2 is 2.21 bits per heavy atom. The summed E-state index contributed by atoms with van der Waals surface area (Å²) in [5.74, 6) is 0. The van der Waals surface area contributed by atoms with Crippen molar-refractivity contribution in [2.45, 2.75) is 44.8 Å². The van der Waals surface area contributed by atoms with Crippen molar-refractivity contribution in [2.75, 3.05) is 13.2 Å². The van der Waals surface area contributed by atoms with Crippen LogP contribution in [0.2, 0.25) is 0 Å². The maximum atomic E-state index is 12.3. The molecule has 1 heterocycles. The van der Waals surface area contributed by atoms with Crippen molar-refractivity contribution in [1.82, 2.24) is 4.90 Å². The van der Waals surface area contributed by atoms with Gasteiger partial charge in [-0.25, -0.2) is 4.79 Å². The van der Waals surface area contributed by atoms with E-state index in [1.54, 1.807) is 16.2 Å². The Bertz CT molecular complexity index is 432. The summed E-state index contributed by atoms with van der Waals surface area (Å²) in [6, 6.07) is 4.04. The number of thiophene rings is 1. The van der Waals surface area contributed by atoms with Crippen molar-refractivity contribution in [1.29, 1.82) is 0 Å². The molecule has 1 aromatic heterocycles. The minimum Gasteiger partial charge on any atom is -0.444 e. The SMILES string of the molecule is CC(C)(C)OC(=O)N(CCO)C1(c2cccs2)CC1. The highest BCUT2D eigenvalue weighted by Crippen LogP contribution is 2.52. The number of hydrogen-bond acceptors (Lipinski definition) is 4. The number of amides is 1. The van der Waals surface area contributed by atoms with Crippen LogP contribution in [0.5, 0.6) is 0 Å². The van der Waals surface area contributed by atoms with E-state index in [-0.39, 0.29) is 18.2 Å². The standard InChI is InChI=1S/C14H21NO3S/c1-13(2,3)18-12(17)15(8-9-16)14(6-7-14)11-5-4-10-19-11/h4-5,10,16H,6-9H2,1-3H3. The highest BCUT2D eigenvalue weighted by atomic mass is 32.1. The normalized spacial score (nSPS) is 17.1. The Balaban J connectivity index is 2.19. The Labute approximate surface area is 118 Å². The molecule has 1 aliphatic rings. The molecule has 4 nitrogen and oxygen atoms in total. The Morgan fingerprint density at radius 1 is 1.53 bits per heavy atom. The summed E-state index contributed by atoms with van der Waals surface area (Å²) in [4.78, 5) is 15.2. The molecule has 106 valence electrons. The van der Waals surface area contributed by atoms with Gasteiger partial charge in [0.2, 0.25) is 0 Å². The molecule has 1 aromatic rings. The lowest BCUT2D eigenvalue weighted by Gasteiger charge is -2.33. The quantitative estimate of drug-likeness (QED) is 0.924. The predicted molar refractivity (Wildman–Crippen MR) is 75.3 cm³/mol. The van der Waals surface area contributed by atoms with E-state index in [9.17, 15) is 9.90 Å². The summed E-state index contributed by atoms with van der Waals surface area (Å²) >= 11 is 1.65. The fraction of sp³-hybridized carbons (Fsp3) is 0.643. The monoisotopic (exact) mass is 283 g/mol. The van der Waals surface area contributed by atoms with Gasteiger partial charge in [-0.15, -0.1) is 11.3 Å². The van der Waals surface area contributed by atoms with Crippen molar-refractivity contribution in [3.8, 4) is 0 Å². The van der Waals surface area contributed by atoms with Gasteiger partial charge < -0.3 is 9.84 Å². The van der Waals surface area contributed by atoms with Gasteiger partial charge in [-0.1, -0.05) is 6.07 Å². The number of nitrogens with zero attached hydrogens (tertiary/aromatic N) is 1. The van der Waals surface area contributed by atoms with Crippen LogP contribution in [0.15, 0.2) is 17.5 Å². The van der Waals surface area contributed by atoms with Crippen LogP contribution in [0.1, 0.15) is 38.5 Å². The lowest BCUT2D eigenvalue weighted by Crippen LogP contribution is -2.44. The molecule has 0 aromatic carbocycles. The van der Waals surface area contributed by atoms with Crippen molar-refractivity contribution in [3.05, 3.63) is 22.4 Å². The summed E-state index contributed by atoms with van der Waals surface area (Å²) < 4.78 is 5.46. The fourth-order valence-electron chi connectivity index (χ4n) is 2.21. The Morgan fingerprint density at radius 3 is 2.63 bits per heavy atom. The number of aliphatic hydroxyl groups is 1. The Kier molecular flexibility index (Phi) is 3.87. The van der Waals surface area contributed by atoms with Gasteiger partial charge in [0.15, 0.2) is 0 Å². The van der Waals surface area contributed by atoms with Crippen molar-refractivity contribution >= 4 is 17.4 Å². The highest BCUT2D eigenvalue weighted by Gasteiger charge is 2.53. The summed E-state index contributed by atoms with van der Waals surface area (Å²) in [6.45, 7) is 5.82. The van der Waals surface area contributed by atoms with Crippen LogP contribution in [0, 0.1) is 0 Å². The van der Waals surface area contributed by atoms with E-state index in [0.29, 0.717) is 6.54 Å². The molecule has 1 fully saturated rings. The first-order chi connectivity index (χ1) is 8.89. The zero-order valence-corrected chi connectivity index (χ0v) is 12.5. The summed E-state index contributed by atoms with van der Waals surface area (Å²) in [5, 5.41) is 11.2. The lowest BCUT2D eigenvalue weighted by atomic mass is 10.1. The summed E-state index contributed by atoms with van der Waals surface area (Å²) in [7, 11) is 0. The van der Waals surface area contributed by atoms with Crippen molar-refractivity contribution < 1.29 is 14.6 Å². The van der Waals surface area contributed by atoms with Crippen LogP contribution in [0.3, 0.4) is 0 Å². The number of carbonyl (C=O) groups excluding carboxylic acids is 1. The second kappa shape index (κ2) is 5.13. The third-order valence-corrected chi connectivity index (χ3v) is 4.22. The average molecular weight is 283 g/mol. The third-order valence-electron chi connectivity index (χ3n) is 3.16. The molecule has 0 radical (unpaired) electrons. The zero-order valence-electron chi connectivity index (χ0n) is 11.7. The van der Waals surface area contributed by atoms with E-state index in [1.807, 2.05) is 38.3 Å². The van der Waals surface area contributed by atoms with E-state index in [0.717, 1.165) is 12.8 Å². The molecule has 1 amide bonds. The van der Waals surface area contributed by atoms with Gasteiger partial charge in [0, 0.05) is 11.4 Å². The van der Waals surface area contributed by atoms with E-state index in [2.05, 4.69) is 0 Å². The first-order valence-corrected chi connectivity index (χ1v) is 7.42. The minimum atomic E-state index is -0.518. The summed E-state index contributed by atoms with van der Waals surface area (Å²) in [5.41, 5.74) is -0.768. The van der Waals surface area contributed by atoms with Crippen LogP contribution in [0.4, 0.5) is 4.79 Å². The number of carbonyl (C=O) groups is 1. The van der Waals surface area contributed by atoms with Gasteiger partial charge in [-0.05, 0) is 45.1 Å². The smallest absolute Gasteiger partial charge is 0.411 e. The van der Waals surface area contributed by atoms with E-state index < -0.39 is 5.60 Å². The zero-order chi connectivity index (χ0) is 14.1. The molecular formula is C14H21NO3S. The predicted octanol–water partition coefficient (Wildman–Crippen LogP) is 2.97. The molecule has 19 heavy (non-hydrogen) atoms. The maximum absolute atomic E-state index is 12.3. The third kappa shape index (κ3) is 3.09. The first-order valence-electron chi connectivity index (χ1n) is 6.54. The van der Waals surface area contributed by atoms with Crippen molar-refractivity contribution in [2.24, 2.45) is 0 Å². The highest BCUT2D eigenvalue weighted by molar-refractivity contribution is 7.10. The van der Waals surface area contributed by atoms with Crippen LogP contribution in [-0.4, -0.2) is 34.9 Å². The Hall–Kier alpha value is -1.07. The van der Waals surface area contributed by atoms with Crippen LogP contribution in [0.25, 0.3) is 0 Å². The summed E-state index contributed by atoms with van der Waals surface area (Å²) in [6.07, 6.45) is 1.53. The maximum Gasteiger partial charge on any atom is 0.411 e. The van der Waals surface area contributed by atoms with E-state index in [1.165, 1.54) is 4.88 Å². The molecule has 0 aliphatic heterocycles. The molecule has 1 N–H and O–H groups in total. The van der Waals surface area contributed by atoms with Gasteiger partial charge >= 0.3 is 6.09 Å². The number of aliphatic hydroxyl groups excluding tert-OH is 1. The van der Waals surface area contributed by atoms with Gasteiger partial charge in [-0.2, -0.15) is 0 Å². The van der Waals surface area contributed by atoms with E-state index >= 15 is 0 Å². The minimum absolute atomic E-state index is 0.0492. The largest absolute Gasteiger partial charge is 0.444 e. The topological polar surface area (TPSA) is 49.8 Å². The molecule has 1 saturated carbocycles. The first kappa shape index (κ1) is 14.3. The van der Waals surface area contributed by atoms with Crippen LogP contribution in [-0.2, 0) is 10.3 Å². The second-order valence-corrected chi connectivity index (χ2v) is 6.81. The lowest BCUT2D eigenvalue weighted by molar-refractivity contribution is 0.00861. The van der Waals surface area contributed by atoms with E-state index in [4.69, 9.17) is 4.74 Å². The second-order valence-electron chi connectivity index (χ2n) is 5.86. The molecule has 0 spiro atoms. The molecule has 2 rings (SSSR count). The molecule has 0 unspecified atom stereocenters. The van der Waals surface area contributed by atoms with Crippen LogP contribution >= 0.6 is 11.3 Å². The molecule has 0 saturated heterocycles. The average Bonchev–Trinajstić information content (AvgIpc) is 2.89. The molecule has 5 heteroatoms. The molecule has 0 atom stereocenters. The van der Waals surface area contributed by atoms with Gasteiger partial charge in [-0.3, -0.25) is 4.90 Å². The van der Waals surface area contributed by atoms with Crippen LogP contribution < -0.4 is 0 Å². The van der Waals surface area contributed by atoms with Gasteiger partial charge in [0.25, 0.3) is 0 Å². The molecular weight excluding hydrogens is 262 g/mol. The van der Waals surface area contributed by atoms with Gasteiger partial charge in [0.05, 0.1) is 12.1 Å². The molecule has 0 bridgehead atoms. The molecule has 1 aliphatic carbocycles. The number of hydrogen-bond donors (Lipinski definition) is 1. The van der Waals surface area contributed by atoms with Crippen molar-refractivity contribution in [3.63, 3.8) is 0 Å². The fourth-order valence-corrected chi connectivity index (χ4v) is 3.20.